The Morgan fingerprint density at radius 1 is 1.03 bits per heavy atom. The molecule has 0 aliphatic carbocycles. The van der Waals surface area contributed by atoms with E-state index in [1.807, 2.05) is 43.3 Å². The summed E-state index contributed by atoms with van der Waals surface area (Å²) in [6.45, 7) is 8.99. The molecule has 1 amide bonds. The number of sulfonamides is 1. The lowest BCUT2D eigenvalue weighted by atomic mass is 9.87. The Morgan fingerprint density at radius 2 is 1.66 bits per heavy atom. The Labute approximate surface area is 174 Å². The van der Waals surface area contributed by atoms with Crippen molar-refractivity contribution in [2.75, 3.05) is 18.4 Å². The fraction of sp³-hybridized carbons (Fsp3) is 0.435. The molecule has 0 unspecified atom stereocenters. The number of rotatable bonds is 4. The van der Waals surface area contributed by atoms with Gasteiger partial charge in [-0.05, 0) is 60.6 Å². The minimum Gasteiger partial charge on any atom is -0.326 e. The van der Waals surface area contributed by atoms with Crippen LogP contribution in [0.2, 0.25) is 0 Å². The van der Waals surface area contributed by atoms with Crippen molar-refractivity contribution in [2.24, 2.45) is 5.92 Å². The molecule has 1 aliphatic rings. The van der Waals surface area contributed by atoms with Crippen LogP contribution in [-0.4, -0.2) is 31.7 Å². The standard InChI is InChI=1S/C23H30N2O3S/c1-17-6-5-7-20(16-17)24-22(26)18-12-14-25(15-13-18)29(27,28)21-10-8-19(9-11-21)23(2,3)4/h5-11,16,18H,12-15H2,1-4H3,(H,24,26). The second kappa shape index (κ2) is 8.28. The number of nitrogens with zero attached hydrogens (tertiary/aromatic N) is 1. The Bertz CT molecular complexity index is 968. The van der Waals surface area contributed by atoms with E-state index in [0.29, 0.717) is 30.8 Å². The highest BCUT2D eigenvalue weighted by Crippen LogP contribution is 2.27. The lowest BCUT2D eigenvalue weighted by molar-refractivity contribution is -0.120. The van der Waals surface area contributed by atoms with E-state index in [0.717, 1.165) is 16.8 Å². The Hall–Kier alpha value is -2.18. The first-order chi connectivity index (χ1) is 13.6. The summed E-state index contributed by atoms with van der Waals surface area (Å²) >= 11 is 0. The van der Waals surface area contributed by atoms with Crippen LogP contribution in [0.25, 0.3) is 0 Å². The highest BCUT2D eigenvalue weighted by molar-refractivity contribution is 7.89. The summed E-state index contributed by atoms with van der Waals surface area (Å²) in [5.41, 5.74) is 2.94. The summed E-state index contributed by atoms with van der Waals surface area (Å²) in [6, 6.07) is 14.8. The number of amides is 1. The maximum Gasteiger partial charge on any atom is 0.243 e. The van der Waals surface area contributed by atoms with E-state index in [1.165, 1.54) is 4.31 Å². The van der Waals surface area contributed by atoms with Gasteiger partial charge in [0.05, 0.1) is 4.90 Å². The number of hydrogen-bond donors (Lipinski definition) is 1. The third kappa shape index (κ3) is 5.06. The average molecular weight is 415 g/mol. The van der Waals surface area contributed by atoms with Crippen molar-refractivity contribution < 1.29 is 13.2 Å². The van der Waals surface area contributed by atoms with Crippen LogP contribution in [0, 0.1) is 12.8 Å². The number of piperidine rings is 1. The van der Waals surface area contributed by atoms with Crippen molar-refractivity contribution >= 4 is 21.6 Å². The van der Waals surface area contributed by atoms with Crippen molar-refractivity contribution in [1.82, 2.24) is 4.31 Å². The third-order valence-corrected chi connectivity index (χ3v) is 7.38. The molecule has 29 heavy (non-hydrogen) atoms. The van der Waals surface area contributed by atoms with E-state index in [1.54, 1.807) is 12.1 Å². The van der Waals surface area contributed by atoms with E-state index in [-0.39, 0.29) is 17.2 Å². The zero-order valence-corrected chi connectivity index (χ0v) is 18.4. The molecule has 0 atom stereocenters. The quantitative estimate of drug-likeness (QED) is 0.810. The summed E-state index contributed by atoms with van der Waals surface area (Å²) in [7, 11) is -3.54. The predicted molar refractivity (Wildman–Crippen MR) is 116 cm³/mol. The number of aryl methyl sites for hydroxylation is 1. The highest BCUT2D eigenvalue weighted by Gasteiger charge is 2.32. The van der Waals surface area contributed by atoms with Gasteiger partial charge in [-0.3, -0.25) is 4.79 Å². The molecule has 3 rings (SSSR count). The minimum absolute atomic E-state index is 0.0225. The summed E-state index contributed by atoms with van der Waals surface area (Å²) in [6.07, 6.45) is 1.05. The molecule has 0 saturated carbocycles. The number of nitrogens with one attached hydrogen (secondary N) is 1. The van der Waals surface area contributed by atoms with Crippen LogP contribution in [-0.2, 0) is 20.2 Å². The maximum atomic E-state index is 13.0. The van der Waals surface area contributed by atoms with Gasteiger partial charge in [0, 0.05) is 24.7 Å². The predicted octanol–water partition coefficient (Wildman–Crippen LogP) is 4.33. The second-order valence-electron chi connectivity index (χ2n) is 8.81. The van der Waals surface area contributed by atoms with Crippen molar-refractivity contribution in [3.8, 4) is 0 Å². The third-order valence-electron chi connectivity index (χ3n) is 5.47. The first-order valence-electron chi connectivity index (χ1n) is 10.1. The first-order valence-corrected chi connectivity index (χ1v) is 11.5. The molecule has 1 saturated heterocycles. The van der Waals surface area contributed by atoms with Gasteiger partial charge >= 0.3 is 0 Å². The van der Waals surface area contributed by atoms with Gasteiger partial charge in [0.25, 0.3) is 0 Å². The molecular weight excluding hydrogens is 384 g/mol. The number of anilines is 1. The van der Waals surface area contributed by atoms with Gasteiger partial charge in [0.1, 0.15) is 0 Å². The number of hydrogen-bond acceptors (Lipinski definition) is 3. The molecule has 2 aromatic carbocycles. The van der Waals surface area contributed by atoms with Gasteiger partial charge in [-0.1, -0.05) is 45.0 Å². The molecule has 156 valence electrons. The topological polar surface area (TPSA) is 66.5 Å². The lowest BCUT2D eigenvalue weighted by Crippen LogP contribution is -2.41. The molecular formula is C23H30N2O3S. The number of carbonyl (C=O) groups excluding carboxylic acids is 1. The van der Waals surface area contributed by atoms with E-state index < -0.39 is 10.0 Å². The van der Waals surface area contributed by atoms with E-state index in [9.17, 15) is 13.2 Å². The molecule has 0 bridgehead atoms. The summed E-state index contributed by atoms with van der Waals surface area (Å²) in [4.78, 5) is 12.9. The lowest BCUT2D eigenvalue weighted by Gasteiger charge is -2.30. The van der Waals surface area contributed by atoms with Crippen LogP contribution in [0.5, 0.6) is 0 Å². The molecule has 0 radical (unpaired) electrons. The Morgan fingerprint density at radius 3 is 2.21 bits per heavy atom. The van der Waals surface area contributed by atoms with Crippen molar-refractivity contribution in [3.63, 3.8) is 0 Å². The molecule has 5 nitrogen and oxygen atoms in total. The van der Waals surface area contributed by atoms with E-state index in [2.05, 4.69) is 26.1 Å². The summed E-state index contributed by atoms with van der Waals surface area (Å²) in [5.74, 6) is -0.215. The fourth-order valence-electron chi connectivity index (χ4n) is 3.60. The Balaban J connectivity index is 1.62. The first kappa shape index (κ1) is 21.5. The highest BCUT2D eigenvalue weighted by atomic mass is 32.2. The molecule has 6 heteroatoms. The SMILES string of the molecule is Cc1cccc(NC(=O)C2CCN(S(=O)(=O)c3ccc(C(C)(C)C)cc3)CC2)c1. The second-order valence-corrected chi connectivity index (χ2v) is 10.7. The van der Waals surface area contributed by atoms with Crippen LogP contribution in [0.1, 0.15) is 44.7 Å². The molecule has 1 N–H and O–H groups in total. The fourth-order valence-corrected chi connectivity index (χ4v) is 5.07. The zero-order chi connectivity index (χ0) is 21.2. The van der Waals surface area contributed by atoms with Gasteiger partial charge in [-0.15, -0.1) is 0 Å². The normalized spacial score (nSPS) is 16.6. The molecule has 0 aromatic heterocycles. The van der Waals surface area contributed by atoms with Crippen LogP contribution < -0.4 is 5.32 Å². The molecule has 2 aromatic rings. The number of benzene rings is 2. The molecule has 1 aliphatic heterocycles. The molecule has 0 spiro atoms. The average Bonchev–Trinajstić information content (AvgIpc) is 2.67. The van der Waals surface area contributed by atoms with Gasteiger partial charge in [-0.2, -0.15) is 4.31 Å². The molecule has 1 heterocycles. The summed E-state index contributed by atoms with van der Waals surface area (Å²) < 4.78 is 27.5. The van der Waals surface area contributed by atoms with Gasteiger partial charge in [-0.25, -0.2) is 8.42 Å². The largest absolute Gasteiger partial charge is 0.326 e. The van der Waals surface area contributed by atoms with Crippen LogP contribution in [0.4, 0.5) is 5.69 Å². The number of carbonyl (C=O) groups is 1. The Kier molecular flexibility index (Phi) is 6.15. The summed E-state index contributed by atoms with van der Waals surface area (Å²) in [5, 5.41) is 2.95. The maximum absolute atomic E-state index is 13.0. The zero-order valence-electron chi connectivity index (χ0n) is 17.6. The van der Waals surface area contributed by atoms with Gasteiger partial charge in [0.15, 0.2) is 0 Å². The monoisotopic (exact) mass is 414 g/mol. The van der Waals surface area contributed by atoms with Crippen LogP contribution in [0.3, 0.4) is 0 Å². The van der Waals surface area contributed by atoms with Crippen molar-refractivity contribution in [2.45, 2.75) is 50.8 Å². The van der Waals surface area contributed by atoms with Crippen LogP contribution in [0.15, 0.2) is 53.4 Å². The minimum atomic E-state index is -3.54. The van der Waals surface area contributed by atoms with E-state index >= 15 is 0 Å². The van der Waals surface area contributed by atoms with E-state index in [4.69, 9.17) is 0 Å². The smallest absolute Gasteiger partial charge is 0.243 e. The van der Waals surface area contributed by atoms with Gasteiger partial charge in [0.2, 0.25) is 15.9 Å². The van der Waals surface area contributed by atoms with Crippen LogP contribution >= 0.6 is 0 Å². The van der Waals surface area contributed by atoms with Gasteiger partial charge < -0.3 is 5.32 Å². The van der Waals surface area contributed by atoms with Crippen molar-refractivity contribution in [1.29, 1.82) is 0 Å². The molecule has 1 fully saturated rings. The van der Waals surface area contributed by atoms with Crippen molar-refractivity contribution in [3.05, 3.63) is 59.7 Å².